The molecule has 5 heteroatoms. The summed E-state index contributed by atoms with van der Waals surface area (Å²) in [5.41, 5.74) is -0.372. The molecule has 3 nitrogen and oxygen atoms in total. The zero-order valence-electron chi connectivity index (χ0n) is 11.7. The van der Waals surface area contributed by atoms with Gasteiger partial charge in [-0.2, -0.15) is 0 Å². The molecule has 112 valence electrons. The highest BCUT2D eigenvalue weighted by Crippen LogP contribution is 2.43. The SMILES string of the molecule is O=C(NCC(O)c1cccs1)C1(c2cccs2)CCCC1. The van der Waals surface area contributed by atoms with Crippen molar-refractivity contribution in [3.63, 3.8) is 0 Å². The van der Waals surface area contributed by atoms with E-state index < -0.39 is 6.10 Å². The van der Waals surface area contributed by atoms with Gasteiger partial charge >= 0.3 is 0 Å². The zero-order chi connectivity index (χ0) is 14.7. The van der Waals surface area contributed by atoms with Crippen molar-refractivity contribution in [1.82, 2.24) is 5.32 Å². The van der Waals surface area contributed by atoms with Gasteiger partial charge in [0.05, 0.1) is 5.41 Å². The van der Waals surface area contributed by atoms with Gasteiger partial charge in [-0.05, 0) is 35.7 Å². The maximum Gasteiger partial charge on any atom is 0.231 e. The van der Waals surface area contributed by atoms with Gasteiger partial charge in [0.1, 0.15) is 6.10 Å². The Morgan fingerprint density at radius 3 is 2.57 bits per heavy atom. The standard InChI is InChI=1S/C16H19NO2S2/c18-12(13-5-3-9-20-13)11-17-15(19)16(7-1-2-8-16)14-6-4-10-21-14/h3-6,9-10,12,18H,1-2,7-8,11H2,(H,17,19). The molecule has 1 saturated carbocycles. The average molecular weight is 321 g/mol. The predicted molar refractivity (Wildman–Crippen MR) is 86.8 cm³/mol. The molecular formula is C16H19NO2S2. The molecule has 21 heavy (non-hydrogen) atoms. The molecule has 2 aromatic heterocycles. The summed E-state index contributed by atoms with van der Waals surface area (Å²) >= 11 is 3.17. The van der Waals surface area contributed by atoms with Gasteiger partial charge < -0.3 is 10.4 Å². The second-order valence-electron chi connectivity index (χ2n) is 5.51. The van der Waals surface area contributed by atoms with Crippen molar-refractivity contribution in [2.75, 3.05) is 6.54 Å². The molecule has 1 fully saturated rings. The summed E-state index contributed by atoms with van der Waals surface area (Å²) in [4.78, 5) is 14.8. The third kappa shape index (κ3) is 2.91. The van der Waals surface area contributed by atoms with Crippen molar-refractivity contribution >= 4 is 28.6 Å². The summed E-state index contributed by atoms with van der Waals surface area (Å²) in [6.07, 6.45) is 3.40. The number of hydrogen-bond donors (Lipinski definition) is 2. The van der Waals surface area contributed by atoms with E-state index in [1.54, 1.807) is 11.3 Å². The lowest BCUT2D eigenvalue weighted by Crippen LogP contribution is -2.43. The van der Waals surface area contributed by atoms with Crippen LogP contribution in [0.1, 0.15) is 41.5 Å². The molecule has 1 aliphatic rings. The number of thiophene rings is 2. The lowest BCUT2D eigenvalue weighted by Gasteiger charge is -2.27. The molecule has 2 N–H and O–H groups in total. The predicted octanol–water partition coefficient (Wildman–Crippen LogP) is 3.47. The molecule has 1 unspecified atom stereocenters. The molecule has 2 aromatic rings. The number of aliphatic hydroxyl groups excluding tert-OH is 1. The Hall–Kier alpha value is -1.17. The van der Waals surface area contributed by atoms with Gasteiger partial charge in [-0.25, -0.2) is 0 Å². The Labute approximate surface area is 132 Å². The summed E-state index contributed by atoms with van der Waals surface area (Å²) in [5, 5.41) is 17.0. The van der Waals surface area contributed by atoms with Gasteiger partial charge in [0, 0.05) is 16.3 Å². The summed E-state index contributed by atoms with van der Waals surface area (Å²) in [7, 11) is 0. The molecule has 0 radical (unpaired) electrons. The van der Waals surface area contributed by atoms with Crippen LogP contribution in [0.5, 0.6) is 0 Å². The molecule has 0 bridgehead atoms. The van der Waals surface area contributed by atoms with Crippen LogP contribution in [-0.4, -0.2) is 17.6 Å². The fourth-order valence-corrected chi connectivity index (χ4v) is 4.75. The van der Waals surface area contributed by atoms with Gasteiger partial charge in [0.15, 0.2) is 0 Å². The largest absolute Gasteiger partial charge is 0.386 e. The topological polar surface area (TPSA) is 49.3 Å². The Kier molecular flexibility index (Phi) is 4.42. The van der Waals surface area contributed by atoms with E-state index in [1.165, 1.54) is 11.3 Å². The maximum atomic E-state index is 12.7. The van der Waals surface area contributed by atoms with Crippen LogP contribution in [0, 0.1) is 0 Å². The monoisotopic (exact) mass is 321 g/mol. The molecule has 3 rings (SSSR count). The second kappa shape index (κ2) is 6.30. The third-order valence-electron chi connectivity index (χ3n) is 4.21. The summed E-state index contributed by atoms with van der Waals surface area (Å²) in [5.74, 6) is 0.0676. The minimum absolute atomic E-state index is 0.0676. The molecule has 1 amide bonds. The lowest BCUT2D eigenvalue weighted by molar-refractivity contribution is -0.127. The van der Waals surface area contributed by atoms with E-state index in [0.717, 1.165) is 35.4 Å². The van der Waals surface area contributed by atoms with E-state index >= 15 is 0 Å². The minimum atomic E-state index is -0.615. The smallest absolute Gasteiger partial charge is 0.231 e. The number of carbonyl (C=O) groups excluding carboxylic acids is 1. The van der Waals surface area contributed by atoms with Gasteiger partial charge in [-0.1, -0.05) is 25.0 Å². The molecule has 0 aliphatic heterocycles. The van der Waals surface area contributed by atoms with Crippen LogP contribution in [0.2, 0.25) is 0 Å². The maximum absolute atomic E-state index is 12.7. The first kappa shape index (κ1) is 14.8. The molecular weight excluding hydrogens is 302 g/mol. The van der Waals surface area contributed by atoms with Crippen LogP contribution in [0.25, 0.3) is 0 Å². The fourth-order valence-electron chi connectivity index (χ4n) is 3.05. The number of carbonyl (C=O) groups is 1. The first-order valence-corrected chi connectivity index (χ1v) is 9.02. The Bertz CT molecular complexity index is 571. The van der Waals surface area contributed by atoms with Crippen LogP contribution >= 0.6 is 22.7 Å². The lowest BCUT2D eigenvalue weighted by atomic mass is 9.83. The third-order valence-corrected chi connectivity index (χ3v) is 6.26. The normalized spacial score (nSPS) is 18.5. The number of nitrogens with one attached hydrogen (secondary N) is 1. The highest BCUT2D eigenvalue weighted by atomic mass is 32.1. The van der Waals surface area contributed by atoms with Crippen LogP contribution in [0.3, 0.4) is 0 Å². The Morgan fingerprint density at radius 1 is 1.24 bits per heavy atom. The van der Waals surface area contributed by atoms with Gasteiger partial charge in [0.2, 0.25) is 5.91 Å². The van der Waals surface area contributed by atoms with Crippen molar-refractivity contribution in [2.45, 2.75) is 37.2 Å². The van der Waals surface area contributed by atoms with E-state index in [-0.39, 0.29) is 17.9 Å². The quantitative estimate of drug-likeness (QED) is 0.886. The highest BCUT2D eigenvalue weighted by Gasteiger charge is 2.43. The molecule has 1 aliphatic carbocycles. The van der Waals surface area contributed by atoms with Crippen molar-refractivity contribution in [2.24, 2.45) is 0 Å². The van der Waals surface area contributed by atoms with E-state index in [2.05, 4.69) is 11.4 Å². The molecule has 0 spiro atoms. The molecule has 0 saturated heterocycles. The van der Waals surface area contributed by atoms with Crippen LogP contribution < -0.4 is 5.32 Å². The van der Waals surface area contributed by atoms with Crippen LogP contribution in [0.15, 0.2) is 35.0 Å². The van der Waals surface area contributed by atoms with Gasteiger partial charge in [-0.15, -0.1) is 22.7 Å². The number of hydrogen-bond acceptors (Lipinski definition) is 4. The van der Waals surface area contributed by atoms with Crippen LogP contribution in [-0.2, 0) is 10.2 Å². The minimum Gasteiger partial charge on any atom is -0.386 e. The molecule has 2 heterocycles. The summed E-state index contributed by atoms with van der Waals surface area (Å²) < 4.78 is 0. The van der Waals surface area contributed by atoms with E-state index in [0.29, 0.717) is 0 Å². The average Bonchev–Trinajstić information content (AvgIpc) is 3.26. The van der Waals surface area contributed by atoms with E-state index in [1.807, 2.05) is 29.0 Å². The Balaban J connectivity index is 1.68. The summed E-state index contributed by atoms with van der Waals surface area (Å²) in [6.45, 7) is 0.284. The summed E-state index contributed by atoms with van der Waals surface area (Å²) in [6, 6.07) is 7.88. The first-order chi connectivity index (χ1) is 10.2. The van der Waals surface area contributed by atoms with Crippen molar-refractivity contribution in [3.8, 4) is 0 Å². The number of amides is 1. The second-order valence-corrected chi connectivity index (χ2v) is 7.43. The number of aliphatic hydroxyl groups is 1. The van der Waals surface area contributed by atoms with E-state index in [4.69, 9.17) is 0 Å². The van der Waals surface area contributed by atoms with E-state index in [9.17, 15) is 9.90 Å². The Morgan fingerprint density at radius 2 is 1.95 bits per heavy atom. The van der Waals surface area contributed by atoms with Gasteiger partial charge in [-0.3, -0.25) is 4.79 Å². The first-order valence-electron chi connectivity index (χ1n) is 7.26. The number of rotatable bonds is 5. The van der Waals surface area contributed by atoms with Gasteiger partial charge in [0.25, 0.3) is 0 Å². The molecule has 0 aromatic carbocycles. The highest BCUT2D eigenvalue weighted by molar-refractivity contribution is 7.10. The fraction of sp³-hybridized carbons (Fsp3) is 0.438. The van der Waals surface area contributed by atoms with Crippen molar-refractivity contribution in [3.05, 3.63) is 44.8 Å². The van der Waals surface area contributed by atoms with Crippen LogP contribution in [0.4, 0.5) is 0 Å². The van der Waals surface area contributed by atoms with Crippen molar-refractivity contribution in [1.29, 1.82) is 0 Å². The zero-order valence-corrected chi connectivity index (χ0v) is 13.4. The van der Waals surface area contributed by atoms with Crippen molar-refractivity contribution < 1.29 is 9.90 Å². The molecule has 1 atom stereocenters.